The van der Waals surface area contributed by atoms with Crippen molar-refractivity contribution in [1.29, 1.82) is 0 Å². The van der Waals surface area contributed by atoms with Gasteiger partial charge in [0.2, 0.25) is 0 Å². The smallest absolute Gasteiger partial charge is 0.175 e. The molecule has 0 N–H and O–H groups in total. The molecule has 0 unspecified atom stereocenters. The van der Waals surface area contributed by atoms with E-state index in [0.29, 0.717) is 0 Å². The van der Waals surface area contributed by atoms with Gasteiger partial charge < -0.3 is 24.3 Å². The van der Waals surface area contributed by atoms with Gasteiger partial charge >= 0.3 is 0 Å². The minimum Gasteiger partial charge on any atom is -0.451 e. The zero-order valence-electron chi connectivity index (χ0n) is 28.5. The first kappa shape index (κ1) is 29.9. The number of anilines is 7. The monoisotopic (exact) mass is 674 g/mol. The first-order valence-electron chi connectivity index (χ1n) is 17.5. The highest BCUT2D eigenvalue weighted by atomic mass is 16.5. The van der Waals surface area contributed by atoms with E-state index in [1.807, 2.05) is 30.5 Å². The van der Waals surface area contributed by atoms with E-state index in [0.717, 1.165) is 74.8 Å². The Kier molecular flexibility index (Phi) is 6.96. The lowest BCUT2D eigenvalue weighted by Gasteiger charge is -2.36. The molecular formula is C45H34N6O. The molecule has 4 heterocycles. The number of para-hydroxylation sites is 5. The number of hydrogen-bond acceptors (Lipinski definition) is 6. The van der Waals surface area contributed by atoms with Crippen LogP contribution < -0.4 is 19.4 Å². The summed E-state index contributed by atoms with van der Waals surface area (Å²) in [5, 5.41) is 2.35. The van der Waals surface area contributed by atoms with Crippen LogP contribution in [0.1, 0.15) is 0 Å². The van der Waals surface area contributed by atoms with Crippen LogP contribution in [0.4, 0.5) is 39.8 Å². The number of aromatic nitrogens is 2. The molecule has 10 rings (SSSR count). The molecule has 0 atom stereocenters. The summed E-state index contributed by atoms with van der Waals surface area (Å²) in [5.74, 6) is 2.46. The Morgan fingerprint density at radius 3 is 2.21 bits per heavy atom. The van der Waals surface area contributed by atoms with E-state index in [4.69, 9.17) is 9.72 Å². The van der Waals surface area contributed by atoms with Gasteiger partial charge in [0, 0.05) is 59.2 Å². The van der Waals surface area contributed by atoms with Crippen LogP contribution in [-0.2, 0) is 0 Å². The molecule has 52 heavy (non-hydrogen) atoms. The highest BCUT2D eigenvalue weighted by Crippen LogP contribution is 2.55. The number of nitrogens with zero attached hydrogens (tertiary/aromatic N) is 6. The molecule has 2 aliphatic rings. The second-order valence-corrected chi connectivity index (χ2v) is 13.1. The molecule has 0 spiro atoms. The van der Waals surface area contributed by atoms with Crippen molar-refractivity contribution < 1.29 is 4.74 Å². The average molecular weight is 675 g/mol. The molecule has 0 saturated heterocycles. The van der Waals surface area contributed by atoms with Crippen molar-refractivity contribution in [3.63, 3.8) is 0 Å². The van der Waals surface area contributed by atoms with E-state index in [1.165, 1.54) is 10.8 Å². The number of ether oxygens (including phenoxy) is 1. The Balaban J connectivity index is 1.22. The van der Waals surface area contributed by atoms with Gasteiger partial charge in [0.15, 0.2) is 11.5 Å². The Morgan fingerprint density at radius 1 is 0.596 bits per heavy atom. The van der Waals surface area contributed by atoms with Crippen LogP contribution in [-0.4, -0.2) is 28.2 Å². The topological polar surface area (TPSA) is 40.0 Å². The van der Waals surface area contributed by atoms with Crippen molar-refractivity contribution in [2.24, 2.45) is 0 Å². The Morgan fingerprint density at radius 2 is 1.35 bits per heavy atom. The van der Waals surface area contributed by atoms with E-state index in [1.54, 1.807) is 0 Å². The van der Waals surface area contributed by atoms with Crippen LogP contribution in [0.15, 0.2) is 176 Å². The minimum atomic E-state index is 0.779. The molecule has 0 radical (unpaired) electrons. The number of hydrogen-bond donors (Lipinski definition) is 0. The summed E-state index contributed by atoms with van der Waals surface area (Å²) in [4.78, 5) is 13.8. The second kappa shape index (κ2) is 12.1. The Bertz CT molecular complexity index is 2630. The van der Waals surface area contributed by atoms with Crippen molar-refractivity contribution in [2.45, 2.75) is 0 Å². The van der Waals surface area contributed by atoms with Crippen LogP contribution in [0.25, 0.3) is 27.6 Å². The number of pyridine rings is 1. The van der Waals surface area contributed by atoms with Crippen molar-refractivity contribution >= 4 is 61.6 Å². The molecule has 7 heteroatoms. The van der Waals surface area contributed by atoms with Crippen LogP contribution in [0.3, 0.4) is 0 Å². The summed E-state index contributed by atoms with van der Waals surface area (Å²) in [6, 6.07) is 55.3. The maximum absolute atomic E-state index is 6.93. The summed E-state index contributed by atoms with van der Waals surface area (Å²) in [6.45, 7) is 0.784. The molecule has 0 aliphatic carbocycles. The van der Waals surface area contributed by atoms with Crippen molar-refractivity contribution in [3.05, 3.63) is 176 Å². The van der Waals surface area contributed by atoms with Gasteiger partial charge in [0.05, 0.1) is 34.8 Å². The Hall–Kier alpha value is -6.99. The standard InChI is InChI=1S/C45H34N6O/c1-47-27-28-48(31-47)33-15-11-16-34(29-33)49(35-24-25-37-36-17-5-6-18-38(36)51(42(37)30-35)44-23-9-10-26-46-44)40-20-12-21-41-45(40)52-43-22-8-7-19-39(43)50(41)32-13-3-2-4-14-32/h2-30H,31H2,1H3. The fourth-order valence-electron chi connectivity index (χ4n) is 7.56. The number of fused-ring (bicyclic) bond motifs is 5. The van der Waals surface area contributed by atoms with Crippen LogP contribution in [0.2, 0.25) is 0 Å². The predicted octanol–water partition coefficient (Wildman–Crippen LogP) is 11.4. The molecule has 7 nitrogen and oxygen atoms in total. The molecule has 2 aliphatic heterocycles. The molecule has 6 aromatic carbocycles. The fraction of sp³-hybridized carbons (Fsp3) is 0.0444. The zero-order valence-corrected chi connectivity index (χ0v) is 28.5. The largest absolute Gasteiger partial charge is 0.451 e. The lowest BCUT2D eigenvalue weighted by Crippen LogP contribution is -2.22. The number of benzene rings is 6. The maximum Gasteiger partial charge on any atom is 0.175 e. The Labute approximate surface area is 302 Å². The predicted molar refractivity (Wildman–Crippen MR) is 212 cm³/mol. The highest BCUT2D eigenvalue weighted by Gasteiger charge is 2.30. The molecule has 0 saturated carbocycles. The summed E-state index contributed by atoms with van der Waals surface area (Å²) in [5.41, 5.74) is 9.27. The molecular weight excluding hydrogens is 641 g/mol. The first-order valence-corrected chi connectivity index (χ1v) is 17.5. The molecule has 0 amide bonds. The quantitative estimate of drug-likeness (QED) is 0.175. The average Bonchev–Trinajstić information content (AvgIpc) is 3.79. The normalized spacial score (nSPS) is 13.4. The van der Waals surface area contributed by atoms with Crippen molar-refractivity contribution in [3.8, 4) is 17.3 Å². The summed E-state index contributed by atoms with van der Waals surface area (Å²) >= 11 is 0. The van der Waals surface area contributed by atoms with E-state index in [2.05, 4.69) is 177 Å². The van der Waals surface area contributed by atoms with Gasteiger partial charge in [-0.25, -0.2) is 4.98 Å². The minimum absolute atomic E-state index is 0.779. The third-order valence-corrected chi connectivity index (χ3v) is 9.88. The van der Waals surface area contributed by atoms with Crippen LogP contribution in [0.5, 0.6) is 11.5 Å². The van der Waals surface area contributed by atoms with E-state index >= 15 is 0 Å². The lowest BCUT2D eigenvalue weighted by molar-refractivity contribution is 0.478. The van der Waals surface area contributed by atoms with Crippen molar-refractivity contribution in [2.75, 3.05) is 28.4 Å². The fourth-order valence-corrected chi connectivity index (χ4v) is 7.56. The molecule has 2 aromatic heterocycles. The molecule has 250 valence electrons. The first-order chi connectivity index (χ1) is 25.7. The molecule has 8 aromatic rings. The van der Waals surface area contributed by atoms with Crippen LogP contribution in [0, 0.1) is 0 Å². The van der Waals surface area contributed by atoms with Gasteiger partial charge in [-0.2, -0.15) is 0 Å². The maximum atomic E-state index is 6.93. The van der Waals surface area contributed by atoms with Gasteiger partial charge in [-0.3, -0.25) is 4.57 Å². The highest BCUT2D eigenvalue weighted by molar-refractivity contribution is 6.10. The third-order valence-electron chi connectivity index (χ3n) is 9.88. The van der Waals surface area contributed by atoms with Gasteiger partial charge in [-0.1, -0.05) is 72.8 Å². The van der Waals surface area contributed by atoms with Gasteiger partial charge in [0.1, 0.15) is 5.82 Å². The molecule has 0 fully saturated rings. The number of rotatable bonds is 6. The second-order valence-electron chi connectivity index (χ2n) is 13.1. The zero-order chi connectivity index (χ0) is 34.6. The summed E-state index contributed by atoms with van der Waals surface area (Å²) in [7, 11) is 2.09. The van der Waals surface area contributed by atoms with E-state index < -0.39 is 0 Å². The van der Waals surface area contributed by atoms with Crippen LogP contribution >= 0.6 is 0 Å². The SMILES string of the molecule is CN1C=CN(c2cccc(N(c3ccc4c5ccccc5n(-c5ccccn5)c4c3)c3cccc4c3Oc3ccccc3N4c3ccccc3)c2)C1. The van der Waals surface area contributed by atoms with E-state index in [-0.39, 0.29) is 0 Å². The van der Waals surface area contributed by atoms with Gasteiger partial charge in [-0.05, 0) is 84.9 Å². The third kappa shape index (κ3) is 4.86. The summed E-state index contributed by atoms with van der Waals surface area (Å²) < 4.78 is 9.19. The van der Waals surface area contributed by atoms with Gasteiger partial charge in [-0.15, -0.1) is 0 Å². The summed E-state index contributed by atoms with van der Waals surface area (Å²) in [6.07, 6.45) is 6.08. The molecule has 0 bridgehead atoms. The van der Waals surface area contributed by atoms with Gasteiger partial charge in [0.25, 0.3) is 0 Å². The van der Waals surface area contributed by atoms with E-state index in [9.17, 15) is 0 Å². The van der Waals surface area contributed by atoms with Crippen molar-refractivity contribution in [1.82, 2.24) is 14.5 Å². The lowest BCUT2D eigenvalue weighted by atomic mass is 10.1.